The van der Waals surface area contributed by atoms with Crippen molar-refractivity contribution in [1.82, 2.24) is 9.91 Å². The van der Waals surface area contributed by atoms with Gasteiger partial charge in [0.2, 0.25) is 0 Å². The van der Waals surface area contributed by atoms with E-state index in [-0.39, 0.29) is 18.4 Å². The highest BCUT2D eigenvalue weighted by Crippen LogP contribution is 2.23. The van der Waals surface area contributed by atoms with Crippen molar-refractivity contribution in [2.45, 2.75) is 25.3 Å². The maximum absolute atomic E-state index is 12.6. The first-order valence-electron chi connectivity index (χ1n) is 9.58. The monoisotopic (exact) mass is 411 g/mol. The summed E-state index contributed by atoms with van der Waals surface area (Å²) in [4.78, 5) is 39.6. The largest absolute Gasteiger partial charge is 0.454 e. The Balaban J connectivity index is 1.33. The topological polar surface area (TPSA) is 79.3 Å². The minimum absolute atomic E-state index is 0.164. The standard InChI is InChI=1S/C21H21N3O4S/c25-19(24-12-10-16(22-24)15-6-2-1-3-7-15)14-28-21(27)17-8-4-11-23(17)20(26)18-9-5-13-29-18/h1-3,5-7,9,13,17H,4,8,10-12,14H2/t17-/m0/s1. The highest BCUT2D eigenvalue weighted by Gasteiger charge is 2.36. The van der Waals surface area contributed by atoms with Crippen molar-refractivity contribution in [1.29, 1.82) is 0 Å². The quantitative estimate of drug-likeness (QED) is 0.709. The van der Waals surface area contributed by atoms with Gasteiger partial charge in [0.25, 0.3) is 11.8 Å². The van der Waals surface area contributed by atoms with Crippen LogP contribution in [0.1, 0.15) is 34.5 Å². The lowest BCUT2D eigenvalue weighted by atomic mass is 10.1. The SMILES string of the molecule is O=C(OCC(=O)N1CCC(c2ccccc2)=N1)[C@@H]1CCCN1C(=O)c1cccs1. The van der Waals surface area contributed by atoms with Crippen molar-refractivity contribution >= 4 is 34.8 Å². The van der Waals surface area contributed by atoms with Crippen molar-refractivity contribution in [3.63, 3.8) is 0 Å². The molecule has 1 saturated heterocycles. The van der Waals surface area contributed by atoms with E-state index in [1.165, 1.54) is 16.3 Å². The highest BCUT2D eigenvalue weighted by atomic mass is 32.1. The third-order valence-electron chi connectivity index (χ3n) is 5.05. The molecule has 1 aromatic carbocycles. The molecule has 4 rings (SSSR count). The molecule has 0 bridgehead atoms. The molecule has 2 amide bonds. The summed E-state index contributed by atoms with van der Waals surface area (Å²) in [5.41, 5.74) is 1.82. The normalized spacial score (nSPS) is 18.6. The average Bonchev–Trinajstić information content (AvgIpc) is 3.52. The van der Waals surface area contributed by atoms with Gasteiger partial charge in [-0.05, 0) is 29.9 Å². The summed E-state index contributed by atoms with van der Waals surface area (Å²) in [5, 5.41) is 7.53. The van der Waals surface area contributed by atoms with E-state index in [2.05, 4.69) is 5.10 Å². The molecule has 8 heteroatoms. The molecule has 0 saturated carbocycles. The van der Waals surface area contributed by atoms with Gasteiger partial charge in [-0.3, -0.25) is 9.59 Å². The summed E-state index contributed by atoms with van der Waals surface area (Å²) in [7, 11) is 0. The number of nitrogens with zero attached hydrogens (tertiary/aromatic N) is 3. The Morgan fingerprint density at radius 3 is 2.69 bits per heavy atom. The van der Waals surface area contributed by atoms with Crippen LogP contribution in [0.4, 0.5) is 0 Å². The van der Waals surface area contributed by atoms with Gasteiger partial charge < -0.3 is 9.64 Å². The van der Waals surface area contributed by atoms with E-state index >= 15 is 0 Å². The van der Waals surface area contributed by atoms with Gasteiger partial charge in [-0.25, -0.2) is 9.80 Å². The van der Waals surface area contributed by atoms with Crippen LogP contribution in [0.25, 0.3) is 0 Å². The summed E-state index contributed by atoms with van der Waals surface area (Å²) in [5.74, 6) is -1.06. The first-order valence-corrected chi connectivity index (χ1v) is 10.5. The number of carbonyl (C=O) groups is 3. The maximum Gasteiger partial charge on any atom is 0.329 e. The van der Waals surface area contributed by atoms with Crippen LogP contribution in [0, 0.1) is 0 Å². The number of hydrazone groups is 1. The fourth-order valence-corrected chi connectivity index (χ4v) is 4.25. The zero-order valence-electron chi connectivity index (χ0n) is 15.8. The molecule has 1 atom stereocenters. The number of hydrogen-bond donors (Lipinski definition) is 0. The predicted molar refractivity (Wildman–Crippen MR) is 109 cm³/mol. The number of benzene rings is 1. The van der Waals surface area contributed by atoms with Crippen LogP contribution in [-0.2, 0) is 14.3 Å². The summed E-state index contributed by atoms with van der Waals surface area (Å²) >= 11 is 1.35. The Labute approximate surface area is 172 Å². The van der Waals surface area contributed by atoms with E-state index in [0.29, 0.717) is 30.8 Å². The van der Waals surface area contributed by atoms with Crippen LogP contribution in [0.5, 0.6) is 0 Å². The molecule has 2 aliphatic rings. The number of ether oxygens (including phenoxy) is 1. The van der Waals surface area contributed by atoms with Gasteiger partial charge >= 0.3 is 5.97 Å². The van der Waals surface area contributed by atoms with E-state index in [4.69, 9.17) is 4.74 Å². The zero-order valence-corrected chi connectivity index (χ0v) is 16.6. The molecule has 0 spiro atoms. The summed E-state index contributed by atoms with van der Waals surface area (Å²) in [6.07, 6.45) is 1.95. The molecular formula is C21H21N3O4S. The summed E-state index contributed by atoms with van der Waals surface area (Å²) < 4.78 is 5.25. The Morgan fingerprint density at radius 1 is 1.10 bits per heavy atom. The minimum Gasteiger partial charge on any atom is -0.454 e. The molecule has 0 N–H and O–H groups in total. The second kappa shape index (κ2) is 8.57. The van der Waals surface area contributed by atoms with Crippen LogP contribution in [0.3, 0.4) is 0 Å². The fraction of sp³-hybridized carbons (Fsp3) is 0.333. The van der Waals surface area contributed by atoms with Gasteiger partial charge in [-0.15, -0.1) is 11.3 Å². The van der Waals surface area contributed by atoms with Crippen LogP contribution in [0.15, 0.2) is 52.9 Å². The van der Waals surface area contributed by atoms with Gasteiger partial charge in [-0.1, -0.05) is 36.4 Å². The van der Waals surface area contributed by atoms with Crippen molar-refractivity contribution in [2.24, 2.45) is 5.10 Å². The van der Waals surface area contributed by atoms with E-state index < -0.39 is 12.0 Å². The van der Waals surface area contributed by atoms with Crippen molar-refractivity contribution < 1.29 is 19.1 Å². The molecule has 2 aliphatic heterocycles. The Morgan fingerprint density at radius 2 is 1.93 bits per heavy atom. The Bertz CT molecular complexity index is 927. The molecule has 0 unspecified atom stereocenters. The molecule has 29 heavy (non-hydrogen) atoms. The van der Waals surface area contributed by atoms with Crippen molar-refractivity contribution in [3.05, 3.63) is 58.3 Å². The van der Waals surface area contributed by atoms with E-state index in [1.54, 1.807) is 17.0 Å². The summed E-state index contributed by atoms with van der Waals surface area (Å²) in [6, 6.07) is 12.6. The average molecular weight is 411 g/mol. The number of amides is 2. The summed E-state index contributed by atoms with van der Waals surface area (Å²) in [6.45, 7) is 0.607. The Kier molecular flexibility index (Phi) is 5.71. The highest BCUT2D eigenvalue weighted by molar-refractivity contribution is 7.12. The molecule has 7 nitrogen and oxygen atoms in total. The molecule has 2 aromatic rings. The van der Waals surface area contributed by atoms with Crippen LogP contribution < -0.4 is 0 Å². The van der Waals surface area contributed by atoms with Crippen LogP contribution in [-0.4, -0.2) is 59.1 Å². The molecule has 150 valence electrons. The van der Waals surface area contributed by atoms with Crippen LogP contribution >= 0.6 is 11.3 Å². The number of thiophene rings is 1. The van der Waals surface area contributed by atoms with Gasteiger partial charge in [-0.2, -0.15) is 5.10 Å². The lowest BCUT2D eigenvalue weighted by Crippen LogP contribution is -2.42. The van der Waals surface area contributed by atoms with E-state index in [1.807, 2.05) is 35.7 Å². The molecule has 1 fully saturated rings. The maximum atomic E-state index is 12.6. The van der Waals surface area contributed by atoms with Crippen LogP contribution in [0.2, 0.25) is 0 Å². The second-order valence-corrected chi connectivity index (χ2v) is 7.87. The van der Waals surface area contributed by atoms with Gasteiger partial charge in [0.1, 0.15) is 6.04 Å². The molecule has 0 radical (unpaired) electrons. The van der Waals surface area contributed by atoms with Gasteiger partial charge in [0.15, 0.2) is 6.61 Å². The molecule has 3 heterocycles. The molecule has 0 aliphatic carbocycles. The predicted octanol–water partition coefficient (Wildman–Crippen LogP) is 2.53. The molecular weight excluding hydrogens is 390 g/mol. The lowest BCUT2D eigenvalue weighted by Gasteiger charge is -2.22. The fourth-order valence-electron chi connectivity index (χ4n) is 3.57. The van der Waals surface area contributed by atoms with E-state index in [0.717, 1.165) is 17.7 Å². The third kappa shape index (κ3) is 4.22. The van der Waals surface area contributed by atoms with Crippen molar-refractivity contribution in [3.8, 4) is 0 Å². The number of carbonyl (C=O) groups excluding carboxylic acids is 3. The first-order chi connectivity index (χ1) is 14.1. The number of hydrogen-bond acceptors (Lipinski definition) is 6. The number of rotatable bonds is 5. The Hall–Kier alpha value is -3.00. The first kappa shape index (κ1) is 19.3. The van der Waals surface area contributed by atoms with E-state index in [9.17, 15) is 14.4 Å². The second-order valence-electron chi connectivity index (χ2n) is 6.92. The number of likely N-dealkylation sites (tertiary alicyclic amines) is 1. The van der Waals surface area contributed by atoms with Gasteiger partial charge in [0.05, 0.1) is 17.1 Å². The molecule has 1 aromatic heterocycles. The third-order valence-corrected chi connectivity index (χ3v) is 5.91. The van der Waals surface area contributed by atoms with Gasteiger partial charge in [0, 0.05) is 13.0 Å². The van der Waals surface area contributed by atoms with Crippen molar-refractivity contribution in [2.75, 3.05) is 19.7 Å². The minimum atomic E-state index is -0.639. The smallest absolute Gasteiger partial charge is 0.329 e. The number of esters is 1. The lowest BCUT2D eigenvalue weighted by molar-refractivity contribution is -0.155. The zero-order chi connectivity index (χ0) is 20.2.